The highest BCUT2D eigenvalue weighted by Crippen LogP contribution is 2.29. The molecule has 1 heterocycles. The summed E-state index contributed by atoms with van der Waals surface area (Å²) < 4.78 is 15.4. The molecule has 0 saturated heterocycles. The van der Waals surface area contributed by atoms with Crippen LogP contribution in [0.25, 0.3) is 0 Å². The molecular formula is C15H19ClFN3. The topological polar surface area (TPSA) is 29.9 Å². The van der Waals surface area contributed by atoms with Crippen LogP contribution in [0.3, 0.4) is 0 Å². The van der Waals surface area contributed by atoms with Crippen molar-refractivity contribution < 1.29 is 4.39 Å². The second kappa shape index (κ2) is 6.37. The van der Waals surface area contributed by atoms with E-state index in [2.05, 4.69) is 17.3 Å². The molecule has 1 unspecified atom stereocenters. The lowest BCUT2D eigenvalue weighted by molar-refractivity contribution is 0.564. The molecule has 0 aliphatic carbocycles. The summed E-state index contributed by atoms with van der Waals surface area (Å²) in [5, 5.41) is 8.35. The molecule has 5 heteroatoms. The second-order valence-electron chi connectivity index (χ2n) is 4.69. The molecule has 1 atom stereocenters. The Balaban J connectivity index is 2.49. The molecule has 0 spiro atoms. The Morgan fingerprint density at radius 3 is 2.70 bits per heavy atom. The van der Waals surface area contributed by atoms with E-state index in [-0.39, 0.29) is 11.9 Å². The molecule has 0 fully saturated rings. The highest BCUT2D eigenvalue weighted by atomic mass is 35.5. The summed E-state index contributed by atoms with van der Waals surface area (Å²) in [7, 11) is 1.89. The van der Waals surface area contributed by atoms with Gasteiger partial charge >= 0.3 is 0 Å². The Kier molecular flexibility index (Phi) is 4.78. The van der Waals surface area contributed by atoms with Crippen LogP contribution in [0.15, 0.2) is 24.3 Å². The number of halogens is 2. The Labute approximate surface area is 123 Å². The van der Waals surface area contributed by atoms with Gasteiger partial charge in [-0.15, -0.1) is 0 Å². The molecular weight excluding hydrogens is 277 g/mol. The van der Waals surface area contributed by atoms with E-state index >= 15 is 0 Å². The SMILES string of the molecule is CCNC(c1cc(F)ccc1Cl)c1cc(CC)nn1C. The van der Waals surface area contributed by atoms with Crippen molar-refractivity contribution in [3.8, 4) is 0 Å². The Hall–Kier alpha value is -1.39. The van der Waals surface area contributed by atoms with Gasteiger partial charge in [0.15, 0.2) is 0 Å². The molecule has 2 aromatic rings. The van der Waals surface area contributed by atoms with Crippen LogP contribution in [0.1, 0.15) is 36.8 Å². The highest BCUT2D eigenvalue weighted by molar-refractivity contribution is 6.31. The van der Waals surface area contributed by atoms with Gasteiger partial charge in [-0.25, -0.2) is 4.39 Å². The third kappa shape index (κ3) is 3.02. The van der Waals surface area contributed by atoms with Crippen LogP contribution in [0.4, 0.5) is 4.39 Å². The molecule has 0 radical (unpaired) electrons. The minimum atomic E-state index is -0.287. The predicted molar refractivity (Wildman–Crippen MR) is 79.5 cm³/mol. The van der Waals surface area contributed by atoms with Crippen molar-refractivity contribution in [1.29, 1.82) is 0 Å². The largest absolute Gasteiger partial charge is 0.305 e. The van der Waals surface area contributed by atoms with Gasteiger partial charge < -0.3 is 5.32 Å². The Bertz CT molecular complexity index is 595. The van der Waals surface area contributed by atoms with E-state index in [1.54, 1.807) is 6.07 Å². The summed E-state index contributed by atoms with van der Waals surface area (Å²) in [6.07, 6.45) is 0.865. The smallest absolute Gasteiger partial charge is 0.123 e. The van der Waals surface area contributed by atoms with Gasteiger partial charge in [0, 0.05) is 12.1 Å². The van der Waals surface area contributed by atoms with E-state index in [4.69, 9.17) is 11.6 Å². The van der Waals surface area contributed by atoms with Crippen molar-refractivity contribution in [3.05, 3.63) is 52.1 Å². The van der Waals surface area contributed by atoms with E-state index in [1.165, 1.54) is 12.1 Å². The lowest BCUT2D eigenvalue weighted by atomic mass is 10.0. The monoisotopic (exact) mass is 295 g/mol. The number of rotatable bonds is 5. The van der Waals surface area contributed by atoms with Crippen LogP contribution in [-0.2, 0) is 13.5 Å². The highest BCUT2D eigenvalue weighted by Gasteiger charge is 2.20. The summed E-state index contributed by atoms with van der Waals surface area (Å²) in [5.41, 5.74) is 2.73. The van der Waals surface area contributed by atoms with Crippen LogP contribution < -0.4 is 5.32 Å². The van der Waals surface area contributed by atoms with Gasteiger partial charge in [-0.1, -0.05) is 25.4 Å². The molecule has 1 N–H and O–H groups in total. The van der Waals surface area contributed by atoms with Crippen LogP contribution >= 0.6 is 11.6 Å². The quantitative estimate of drug-likeness (QED) is 0.915. The maximum absolute atomic E-state index is 13.5. The average molecular weight is 296 g/mol. The molecule has 20 heavy (non-hydrogen) atoms. The van der Waals surface area contributed by atoms with Crippen LogP contribution in [0, 0.1) is 5.82 Å². The van der Waals surface area contributed by atoms with E-state index in [1.807, 2.05) is 24.7 Å². The van der Waals surface area contributed by atoms with Crippen LogP contribution in [0.5, 0.6) is 0 Å². The Morgan fingerprint density at radius 2 is 2.10 bits per heavy atom. The predicted octanol–water partition coefficient (Wildman–Crippen LogP) is 3.47. The van der Waals surface area contributed by atoms with Crippen LogP contribution in [0.2, 0.25) is 5.02 Å². The van der Waals surface area contributed by atoms with Crippen LogP contribution in [-0.4, -0.2) is 16.3 Å². The van der Waals surface area contributed by atoms with Gasteiger partial charge in [-0.3, -0.25) is 4.68 Å². The van der Waals surface area contributed by atoms with Gasteiger partial charge in [0.25, 0.3) is 0 Å². The molecule has 0 aliphatic heterocycles. The lowest BCUT2D eigenvalue weighted by Crippen LogP contribution is -2.24. The van der Waals surface area contributed by atoms with Crippen molar-refractivity contribution in [1.82, 2.24) is 15.1 Å². The molecule has 108 valence electrons. The number of aromatic nitrogens is 2. The number of hydrogen-bond acceptors (Lipinski definition) is 2. The van der Waals surface area contributed by atoms with Gasteiger partial charge in [0.1, 0.15) is 5.82 Å². The third-order valence-electron chi connectivity index (χ3n) is 3.30. The van der Waals surface area contributed by atoms with Crippen molar-refractivity contribution in [3.63, 3.8) is 0 Å². The Morgan fingerprint density at radius 1 is 1.35 bits per heavy atom. The first-order chi connectivity index (χ1) is 9.56. The van der Waals surface area contributed by atoms with E-state index < -0.39 is 0 Å². The van der Waals surface area contributed by atoms with Gasteiger partial charge in [0.05, 0.1) is 17.4 Å². The minimum Gasteiger partial charge on any atom is -0.305 e. The number of benzene rings is 1. The first-order valence-corrected chi connectivity index (χ1v) is 7.15. The number of nitrogens with zero attached hydrogens (tertiary/aromatic N) is 2. The van der Waals surface area contributed by atoms with Gasteiger partial charge in [0.2, 0.25) is 0 Å². The fourth-order valence-electron chi connectivity index (χ4n) is 2.30. The minimum absolute atomic E-state index is 0.166. The third-order valence-corrected chi connectivity index (χ3v) is 3.65. The molecule has 0 aliphatic rings. The average Bonchev–Trinajstić information content (AvgIpc) is 2.80. The summed E-state index contributed by atoms with van der Waals surface area (Å²) in [5.74, 6) is -0.287. The van der Waals surface area contributed by atoms with Crippen molar-refractivity contribution in [2.24, 2.45) is 7.05 Å². The summed E-state index contributed by atoms with van der Waals surface area (Å²) in [6.45, 7) is 4.82. The first kappa shape index (κ1) is 15.0. The second-order valence-corrected chi connectivity index (χ2v) is 5.10. The van der Waals surface area contributed by atoms with Gasteiger partial charge in [-0.2, -0.15) is 5.10 Å². The molecule has 2 rings (SSSR count). The molecule has 1 aromatic heterocycles. The van der Waals surface area contributed by atoms with E-state index in [0.717, 1.165) is 29.9 Å². The van der Waals surface area contributed by atoms with Gasteiger partial charge in [-0.05, 0) is 42.8 Å². The molecule has 3 nitrogen and oxygen atoms in total. The zero-order valence-corrected chi connectivity index (χ0v) is 12.7. The zero-order chi connectivity index (χ0) is 14.7. The number of aryl methyl sites for hydroxylation is 2. The molecule has 0 bridgehead atoms. The first-order valence-electron chi connectivity index (χ1n) is 6.78. The fraction of sp³-hybridized carbons (Fsp3) is 0.400. The fourth-order valence-corrected chi connectivity index (χ4v) is 2.53. The summed E-state index contributed by atoms with van der Waals surface area (Å²) in [6, 6.07) is 6.31. The number of hydrogen-bond donors (Lipinski definition) is 1. The number of nitrogens with one attached hydrogen (secondary N) is 1. The van der Waals surface area contributed by atoms with Crippen molar-refractivity contribution >= 4 is 11.6 Å². The van der Waals surface area contributed by atoms with Crippen molar-refractivity contribution in [2.45, 2.75) is 26.3 Å². The lowest BCUT2D eigenvalue weighted by Gasteiger charge is -2.20. The summed E-state index contributed by atoms with van der Waals surface area (Å²) in [4.78, 5) is 0. The van der Waals surface area contributed by atoms with E-state index in [0.29, 0.717) is 5.02 Å². The summed E-state index contributed by atoms with van der Waals surface area (Å²) >= 11 is 6.23. The molecule has 1 aromatic carbocycles. The maximum Gasteiger partial charge on any atom is 0.123 e. The zero-order valence-electron chi connectivity index (χ0n) is 12.0. The molecule has 0 saturated carbocycles. The van der Waals surface area contributed by atoms with Crippen molar-refractivity contribution in [2.75, 3.05) is 6.54 Å². The molecule has 0 amide bonds. The normalized spacial score (nSPS) is 12.7. The standard InChI is InChI=1S/C15H19ClFN3/c1-4-11-9-14(20(3)19-11)15(18-5-2)12-8-10(17)6-7-13(12)16/h6-9,15,18H,4-5H2,1-3H3. The van der Waals surface area contributed by atoms with E-state index in [9.17, 15) is 4.39 Å². The maximum atomic E-state index is 13.5.